The van der Waals surface area contributed by atoms with Gasteiger partial charge in [0.15, 0.2) is 5.78 Å². The van der Waals surface area contributed by atoms with Gasteiger partial charge in [-0.3, -0.25) is 9.59 Å². The third-order valence-corrected chi connectivity index (χ3v) is 3.62. The molecule has 1 aliphatic carbocycles. The Balaban J connectivity index is 1.92. The lowest BCUT2D eigenvalue weighted by molar-refractivity contribution is 0.0978. The van der Waals surface area contributed by atoms with Gasteiger partial charge >= 0.3 is 6.92 Å². The Morgan fingerprint density at radius 1 is 1.27 bits per heavy atom. The lowest BCUT2D eigenvalue weighted by Crippen LogP contribution is -2.26. The lowest BCUT2D eigenvalue weighted by atomic mass is 9.64. The highest BCUT2D eigenvalue weighted by Crippen LogP contribution is 2.21. The van der Waals surface area contributed by atoms with E-state index in [1.807, 2.05) is 24.3 Å². The summed E-state index contributed by atoms with van der Waals surface area (Å²) in [5, 5.41) is 9.63. The van der Waals surface area contributed by atoms with Gasteiger partial charge in [-0.1, -0.05) is 31.1 Å². The maximum absolute atomic E-state index is 12.4. The fourth-order valence-electron chi connectivity index (χ4n) is 2.47. The van der Waals surface area contributed by atoms with Gasteiger partial charge < -0.3 is 5.02 Å². The topological polar surface area (TPSA) is 80.2 Å². The zero-order valence-corrected chi connectivity index (χ0v) is 12.0. The second-order valence-corrected chi connectivity index (χ2v) is 5.25. The number of Topliss-reactive ketones (excluding diaryl/α,β-unsaturated/α-hetero) is 1. The summed E-state index contributed by atoms with van der Waals surface area (Å²) < 4.78 is 0. The van der Waals surface area contributed by atoms with Crippen LogP contribution < -0.4 is 5.46 Å². The van der Waals surface area contributed by atoms with Crippen LogP contribution >= 0.6 is 0 Å². The fraction of sp³-hybridized carbons (Fsp3) is 0.125. The predicted octanol–water partition coefficient (Wildman–Crippen LogP) is 0.845. The minimum atomic E-state index is -0.577. The second-order valence-electron chi connectivity index (χ2n) is 5.25. The van der Waals surface area contributed by atoms with E-state index in [9.17, 15) is 14.6 Å². The van der Waals surface area contributed by atoms with Gasteiger partial charge in [-0.25, -0.2) is 9.97 Å². The molecule has 1 aromatic heterocycles. The third kappa shape index (κ3) is 2.60. The standard InChI is InChI=1S/C16H13BN2O3/c1-17(22)12-4-2-3-10(6-12)5-11-7-14(20)15-13(16(11)21)8-18-9-19-15/h2-4,6-9,22H,5H2,1H3. The lowest BCUT2D eigenvalue weighted by Gasteiger charge is -2.14. The van der Waals surface area contributed by atoms with Gasteiger partial charge in [0, 0.05) is 18.2 Å². The number of hydrogen-bond donors (Lipinski definition) is 1. The first-order valence-corrected chi connectivity index (χ1v) is 6.93. The molecule has 2 aromatic rings. The monoisotopic (exact) mass is 292 g/mol. The molecular formula is C16H13BN2O3. The highest BCUT2D eigenvalue weighted by molar-refractivity contribution is 6.64. The third-order valence-electron chi connectivity index (χ3n) is 3.62. The molecular weight excluding hydrogens is 279 g/mol. The van der Waals surface area contributed by atoms with Crippen LogP contribution in [0.1, 0.15) is 26.4 Å². The van der Waals surface area contributed by atoms with Gasteiger partial charge in [0.2, 0.25) is 5.78 Å². The van der Waals surface area contributed by atoms with E-state index in [1.165, 1.54) is 18.6 Å². The second kappa shape index (κ2) is 5.65. The SMILES string of the molecule is CB(O)c1cccc(CC2=CC(=O)c3ncncc3C2=O)c1. The molecule has 0 spiro atoms. The van der Waals surface area contributed by atoms with Crippen LogP contribution in [0.5, 0.6) is 0 Å². The molecule has 1 N–H and O–H groups in total. The van der Waals surface area contributed by atoms with Gasteiger partial charge in [-0.2, -0.15) is 0 Å². The predicted molar refractivity (Wildman–Crippen MR) is 82.4 cm³/mol. The number of benzene rings is 1. The number of carbonyl (C=O) groups excluding carboxylic acids is 2. The van der Waals surface area contributed by atoms with E-state index in [0.717, 1.165) is 11.0 Å². The van der Waals surface area contributed by atoms with E-state index in [0.29, 0.717) is 12.0 Å². The van der Waals surface area contributed by atoms with Crippen LogP contribution in [0, 0.1) is 0 Å². The Labute approximate surface area is 127 Å². The van der Waals surface area contributed by atoms with Crippen LogP contribution in [0.2, 0.25) is 6.82 Å². The van der Waals surface area contributed by atoms with Gasteiger partial charge in [-0.15, -0.1) is 0 Å². The molecule has 0 fully saturated rings. The molecule has 0 amide bonds. The Hall–Kier alpha value is -2.60. The number of ketones is 2. The van der Waals surface area contributed by atoms with Crippen LogP contribution in [0.15, 0.2) is 48.4 Å². The average molecular weight is 292 g/mol. The molecule has 0 radical (unpaired) electrons. The zero-order valence-electron chi connectivity index (χ0n) is 12.0. The number of allylic oxidation sites excluding steroid dienone is 2. The van der Waals surface area contributed by atoms with E-state index in [4.69, 9.17) is 0 Å². The molecule has 0 saturated carbocycles. The normalized spacial score (nSPS) is 13.6. The van der Waals surface area contributed by atoms with Crippen molar-refractivity contribution in [1.82, 2.24) is 9.97 Å². The Bertz CT molecular complexity index is 799. The number of rotatable bonds is 3. The van der Waals surface area contributed by atoms with Crippen LogP contribution in [0.25, 0.3) is 0 Å². The van der Waals surface area contributed by atoms with Crippen LogP contribution in [-0.4, -0.2) is 33.5 Å². The quantitative estimate of drug-likeness (QED) is 0.848. The first-order chi connectivity index (χ1) is 10.6. The maximum Gasteiger partial charge on any atom is 0.320 e. The smallest absolute Gasteiger partial charge is 0.320 e. The number of carbonyl (C=O) groups is 2. The van der Waals surface area contributed by atoms with Gasteiger partial charge in [-0.05, 0) is 17.1 Å². The number of hydrogen-bond acceptors (Lipinski definition) is 5. The number of nitrogens with zero attached hydrogens (tertiary/aromatic N) is 2. The molecule has 0 bridgehead atoms. The summed E-state index contributed by atoms with van der Waals surface area (Å²) in [6, 6.07) is 7.34. The average Bonchev–Trinajstić information content (AvgIpc) is 2.52. The molecule has 6 heteroatoms. The first kappa shape index (κ1) is 14.3. The van der Waals surface area contributed by atoms with Crippen LogP contribution in [0.4, 0.5) is 0 Å². The molecule has 3 rings (SSSR count). The Kier molecular flexibility index (Phi) is 3.69. The molecule has 22 heavy (non-hydrogen) atoms. The number of fused-ring (bicyclic) bond motifs is 1. The molecule has 0 saturated heterocycles. The van der Waals surface area contributed by atoms with E-state index >= 15 is 0 Å². The molecule has 1 aliphatic rings. The highest BCUT2D eigenvalue weighted by atomic mass is 16.2. The van der Waals surface area contributed by atoms with Crippen LogP contribution in [-0.2, 0) is 6.42 Å². The zero-order chi connectivity index (χ0) is 15.7. The van der Waals surface area contributed by atoms with Gasteiger partial charge in [0.05, 0.1) is 5.56 Å². The van der Waals surface area contributed by atoms with Gasteiger partial charge in [0.25, 0.3) is 0 Å². The summed E-state index contributed by atoms with van der Waals surface area (Å²) >= 11 is 0. The molecule has 1 heterocycles. The Morgan fingerprint density at radius 3 is 2.86 bits per heavy atom. The van der Waals surface area contributed by atoms with Crippen molar-refractivity contribution in [3.05, 3.63) is 65.3 Å². The van der Waals surface area contributed by atoms with Crippen molar-refractivity contribution >= 4 is 23.9 Å². The Morgan fingerprint density at radius 2 is 2.09 bits per heavy atom. The fourth-order valence-corrected chi connectivity index (χ4v) is 2.47. The summed E-state index contributed by atoms with van der Waals surface area (Å²) in [6.07, 6.45) is 4.31. The van der Waals surface area contributed by atoms with Crippen molar-refractivity contribution in [3.8, 4) is 0 Å². The molecule has 5 nitrogen and oxygen atoms in total. The van der Waals surface area contributed by atoms with Crippen molar-refractivity contribution in [3.63, 3.8) is 0 Å². The van der Waals surface area contributed by atoms with E-state index in [2.05, 4.69) is 9.97 Å². The highest BCUT2D eigenvalue weighted by Gasteiger charge is 2.26. The van der Waals surface area contributed by atoms with E-state index in [-0.39, 0.29) is 22.8 Å². The molecule has 0 unspecified atom stereocenters. The number of aromatic nitrogens is 2. The van der Waals surface area contributed by atoms with Crippen LogP contribution in [0.3, 0.4) is 0 Å². The van der Waals surface area contributed by atoms with Gasteiger partial charge in [0.1, 0.15) is 12.0 Å². The largest absolute Gasteiger partial charge is 0.447 e. The molecule has 1 aromatic carbocycles. The minimum Gasteiger partial charge on any atom is -0.447 e. The van der Waals surface area contributed by atoms with Crippen molar-refractivity contribution in [2.24, 2.45) is 0 Å². The molecule has 0 aliphatic heterocycles. The summed E-state index contributed by atoms with van der Waals surface area (Å²) in [4.78, 5) is 32.2. The summed E-state index contributed by atoms with van der Waals surface area (Å²) in [5.74, 6) is -0.503. The minimum absolute atomic E-state index is 0.154. The summed E-state index contributed by atoms with van der Waals surface area (Å²) in [6.45, 7) is 1.10. The van der Waals surface area contributed by atoms with Crippen molar-refractivity contribution < 1.29 is 14.6 Å². The van der Waals surface area contributed by atoms with Crippen molar-refractivity contribution in [2.75, 3.05) is 0 Å². The first-order valence-electron chi connectivity index (χ1n) is 6.93. The van der Waals surface area contributed by atoms with E-state index < -0.39 is 6.92 Å². The summed E-state index contributed by atoms with van der Waals surface area (Å²) in [5.41, 5.74) is 2.45. The summed E-state index contributed by atoms with van der Waals surface area (Å²) in [7, 11) is 0. The van der Waals surface area contributed by atoms with Crippen molar-refractivity contribution in [1.29, 1.82) is 0 Å². The van der Waals surface area contributed by atoms with E-state index in [1.54, 1.807) is 6.82 Å². The molecule has 108 valence electrons. The van der Waals surface area contributed by atoms with Crippen molar-refractivity contribution in [2.45, 2.75) is 13.2 Å². The maximum atomic E-state index is 12.4. The molecule has 0 atom stereocenters.